The van der Waals surface area contributed by atoms with Crippen molar-refractivity contribution >= 4 is 27.3 Å². The number of halogens is 3. The van der Waals surface area contributed by atoms with Gasteiger partial charge in [-0.15, -0.1) is 11.3 Å². The third-order valence-corrected chi connectivity index (χ3v) is 5.52. The molecule has 0 amide bonds. The minimum absolute atomic E-state index is 0.0896. The monoisotopic (exact) mass is 396 g/mol. The van der Waals surface area contributed by atoms with Crippen molar-refractivity contribution in [2.24, 2.45) is 0 Å². The third-order valence-electron chi connectivity index (χ3n) is 4.50. The Morgan fingerprint density at radius 3 is 2.63 bits per heavy atom. The maximum Gasteiger partial charge on any atom is 0.457 e. The van der Waals surface area contributed by atoms with Crippen molar-refractivity contribution in [2.45, 2.75) is 31.5 Å². The van der Waals surface area contributed by atoms with Gasteiger partial charge in [-0.05, 0) is 38.2 Å². The summed E-state index contributed by atoms with van der Waals surface area (Å²) in [4.78, 5) is 25.0. The fraction of sp³-hybridized carbons (Fsp3) is 0.389. The van der Waals surface area contributed by atoms with Crippen LogP contribution in [0.25, 0.3) is 10.2 Å². The lowest BCUT2D eigenvalue weighted by molar-refractivity contribution is -0.0885. The number of aromatic nitrogens is 3. The van der Waals surface area contributed by atoms with Gasteiger partial charge in [0.15, 0.2) is 5.01 Å². The molecule has 9 heteroatoms. The molecule has 1 aromatic carbocycles. The van der Waals surface area contributed by atoms with Gasteiger partial charge in [0.25, 0.3) is 5.78 Å². The van der Waals surface area contributed by atoms with Crippen molar-refractivity contribution in [2.75, 3.05) is 14.1 Å². The number of fused-ring (bicyclic) bond motifs is 1. The number of ketones is 1. The van der Waals surface area contributed by atoms with Crippen LogP contribution in [-0.2, 0) is 0 Å². The summed E-state index contributed by atoms with van der Waals surface area (Å²) in [6, 6.07) is 5.44. The van der Waals surface area contributed by atoms with Crippen LogP contribution in [0.4, 0.5) is 13.2 Å². The first kappa shape index (κ1) is 19.5. The molecule has 2 heterocycles. The number of nitrogens with one attached hydrogen (secondary N) is 1. The quantitative estimate of drug-likeness (QED) is 0.633. The highest BCUT2D eigenvalue weighted by atomic mass is 32.1. The van der Waals surface area contributed by atoms with E-state index < -0.39 is 17.0 Å². The van der Waals surface area contributed by atoms with E-state index in [1.807, 2.05) is 20.2 Å². The molecule has 0 radical (unpaired) electrons. The number of carbonyl (C=O) groups is 1. The Labute approximate surface area is 158 Å². The molecule has 2 aromatic heterocycles. The Morgan fingerprint density at radius 2 is 2.07 bits per heavy atom. The largest absolute Gasteiger partial charge is 0.457 e. The Bertz CT molecular complexity index is 934. The lowest BCUT2D eigenvalue weighted by atomic mass is 9.88. The van der Waals surface area contributed by atoms with Crippen molar-refractivity contribution < 1.29 is 18.0 Å². The number of likely N-dealkylation sites (N-methyl/N-ethyl adjacent to an activating group) is 1. The van der Waals surface area contributed by atoms with E-state index in [9.17, 15) is 18.0 Å². The van der Waals surface area contributed by atoms with Crippen LogP contribution >= 0.6 is 11.3 Å². The van der Waals surface area contributed by atoms with Crippen LogP contribution in [0.5, 0.6) is 0 Å². The SMILES string of the molecule is CCC(C(c1ccc2nc(C(=O)C(F)(F)F)sc2c1)c1ncc[nH]1)N(C)C. The summed E-state index contributed by atoms with van der Waals surface area (Å²) < 4.78 is 38.6. The van der Waals surface area contributed by atoms with Gasteiger partial charge < -0.3 is 9.88 Å². The maximum atomic E-state index is 12.7. The third kappa shape index (κ3) is 3.89. The van der Waals surface area contributed by atoms with Crippen LogP contribution in [0.15, 0.2) is 30.6 Å². The highest BCUT2D eigenvalue weighted by molar-refractivity contribution is 7.20. The summed E-state index contributed by atoms with van der Waals surface area (Å²) in [5, 5.41) is -0.538. The molecule has 0 bridgehead atoms. The van der Waals surface area contributed by atoms with Gasteiger partial charge in [-0.2, -0.15) is 13.2 Å². The maximum absolute atomic E-state index is 12.7. The van der Waals surface area contributed by atoms with Crippen LogP contribution in [0.2, 0.25) is 0 Å². The highest BCUT2D eigenvalue weighted by Gasteiger charge is 2.41. The number of Topliss-reactive ketones (excluding diaryl/α,β-unsaturated/α-hetero) is 1. The summed E-state index contributed by atoms with van der Waals surface area (Å²) in [5.41, 5.74) is 1.29. The zero-order chi connectivity index (χ0) is 19.8. The van der Waals surface area contributed by atoms with Crippen molar-refractivity contribution in [3.05, 3.63) is 47.0 Å². The van der Waals surface area contributed by atoms with Crippen LogP contribution < -0.4 is 0 Å². The molecule has 5 nitrogen and oxygen atoms in total. The molecular weight excluding hydrogens is 377 g/mol. The number of carbonyl (C=O) groups excluding carboxylic acids is 1. The number of thiazole rings is 1. The van der Waals surface area contributed by atoms with Gasteiger partial charge in [-0.25, -0.2) is 9.97 Å². The number of nitrogens with zero attached hydrogens (tertiary/aromatic N) is 3. The van der Waals surface area contributed by atoms with Crippen molar-refractivity contribution in [3.63, 3.8) is 0 Å². The molecule has 0 aliphatic heterocycles. The smallest absolute Gasteiger partial charge is 0.348 e. The number of benzene rings is 1. The second-order valence-corrected chi connectivity index (χ2v) is 7.50. The molecule has 0 fully saturated rings. The van der Waals surface area contributed by atoms with Crippen molar-refractivity contribution in [1.82, 2.24) is 19.9 Å². The van der Waals surface area contributed by atoms with E-state index >= 15 is 0 Å². The lowest BCUT2D eigenvalue weighted by Gasteiger charge is -2.31. The van der Waals surface area contributed by atoms with Crippen LogP contribution in [0.1, 0.15) is 40.5 Å². The number of alkyl halides is 3. The van der Waals surface area contributed by atoms with Gasteiger partial charge in [-0.1, -0.05) is 13.0 Å². The minimum Gasteiger partial charge on any atom is -0.348 e. The standard InChI is InChI=1S/C18H19F3N4OS/c1-4-12(25(2)3)14(16-22-7-8-23-16)10-5-6-11-13(9-10)27-17(24-11)15(26)18(19,20)21/h5-9,12,14H,4H2,1-3H3,(H,22,23). The number of hydrogen-bond donors (Lipinski definition) is 1. The second kappa shape index (κ2) is 7.40. The molecule has 1 N–H and O–H groups in total. The van der Waals surface area contributed by atoms with Gasteiger partial charge in [0.2, 0.25) is 0 Å². The van der Waals surface area contributed by atoms with E-state index in [1.165, 1.54) is 0 Å². The molecule has 3 aromatic rings. The average molecular weight is 396 g/mol. The molecule has 0 saturated carbocycles. The van der Waals surface area contributed by atoms with Crippen molar-refractivity contribution in [1.29, 1.82) is 0 Å². The van der Waals surface area contributed by atoms with Gasteiger partial charge in [0, 0.05) is 18.4 Å². The number of aromatic amines is 1. The summed E-state index contributed by atoms with van der Waals surface area (Å²) in [6.45, 7) is 2.08. The fourth-order valence-electron chi connectivity index (χ4n) is 3.26. The zero-order valence-electron chi connectivity index (χ0n) is 15.0. The van der Waals surface area contributed by atoms with Crippen LogP contribution in [0.3, 0.4) is 0 Å². The number of H-pyrrole nitrogens is 1. The fourth-order valence-corrected chi connectivity index (χ4v) is 4.24. The Kier molecular flexibility index (Phi) is 5.34. The molecule has 27 heavy (non-hydrogen) atoms. The number of hydrogen-bond acceptors (Lipinski definition) is 5. The molecule has 0 saturated heterocycles. The summed E-state index contributed by atoms with van der Waals surface area (Å²) >= 11 is 0.764. The van der Waals surface area contributed by atoms with Crippen molar-refractivity contribution in [3.8, 4) is 0 Å². The van der Waals surface area contributed by atoms with Gasteiger partial charge >= 0.3 is 6.18 Å². The van der Waals surface area contributed by atoms with E-state index in [0.717, 1.165) is 29.1 Å². The first-order chi connectivity index (χ1) is 12.7. The Morgan fingerprint density at radius 1 is 1.33 bits per heavy atom. The molecule has 3 rings (SSSR count). The molecule has 2 unspecified atom stereocenters. The van der Waals surface area contributed by atoms with Crippen LogP contribution in [0, 0.1) is 0 Å². The van der Waals surface area contributed by atoms with Gasteiger partial charge in [0.1, 0.15) is 5.82 Å². The second-order valence-electron chi connectivity index (χ2n) is 6.46. The van der Waals surface area contributed by atoms with E-state index in [4.69, 9.17) is 0 Å². The summed E-state index contributed by atoms with van der Waals surface area (Å²) in [7, 11) is 3.96. The van der Waals surface area contributed by atoms with E-state index in [1.54, 1.807) is 24.5 Å². The first-order valence-corrected chi connectivity index (χ1v) is 9.21. The lowest BCUT2D eigenvalue weighted by Crippen LogP contribution is -2.34. The molecule has 0 aliphatic carbocycles. The summed E-state index contributed by atoms with van der Waals surface area (Å²) in [5.74, 6) is -1.22. The van der Waals surface area contributed by atoms with Gasteiger partial charge in [0.05, 0.1) is 16.1 Å². The molecule has 0 aliphatic rings. The molecular formula is C18H19F3N4OS. The van der Waals surface area contributed by atoms with E-state index in [0.29, 0.717) is 10.2 Å². The predicted octanol–water partition coefficient (Wildman–Crippen LogP) is 4.24. The topological polar surface area (TPSA) is 61.9 Å². The average Bonchev–Trinajstić information content (AvgIpc) is 3.26. The van der Waals surface area contributed by atoms with Crippen LogP contribution in [-0.4, -0.2) is 51.9 Å². The highest BCUT2D eigenvalue weighted by Crippen LogP contribution is 2.34. The Balaban J connectivity index is 2.07. The predicted molar refractivity (Wildman–Crippen MR) is 98.2 cm³/mol. The minimum atomic E-state index is -4.92. The summed E-state index contributed by atoms with van der Waals surface area (Å²) in [6.07, 6.45) is -0.644. The number of imidazole rings is 1. The van der Waals surface area contributed by atoms with E-state index in [-0.39, 0.29) is 12.0 Å². The molecule has 0 spiro atoms. The normalized spacial score (nSPS) is 14.6. The zero-order valence-corrected chi connectivity index (χ0v) is 15.9. The number of rotatable bonds is 6. The van der Waals surface area contributed by atoms with E-state index in [2.05, 4.69) is 26.8 Å². The Hall–Kier alpha value is -2.26. The van der Waals surface area contributed by atoms with Gasteiger partial charge in [-0.3, -0.25) is 4.79 Å². The molecule has 144 valence electrons. The molecule has 2 atom stereocenters. The first-order valence-electron chi connectivity index (χ1n) is 8.40.